The fourth-order valence-corrected chi connectivity index (χ4v) is 3.70. The van der Waals surface area contributed by atoms with E-state index in [4.69, 9.17) is 9.47 Å². The van der Waals surface area contributed by atoms with Crippen LogP contribution in [0.1, 0.15) is 28.8 Å². The smallest absolute Gasteiger partial charge is 0.254 e. The fourth-order valence-electron chi connectivity index (χ4n) is 3.70. The molecule has 0 spiro atoms. The molecular formula is C23H24N2O4. The number of aromatic amines is 1. The lowest BCUT2D eigenvalue weighted by Gasteiger charge is -2.25. The first kappa shape index (κ1) is 19.2. The monoisotopic (exact) mass is 392 g/mol. The Balaban J connectivity index is 1.66. The van der Waals surface area contributed by atoms with Crippen molar-refractivity contribution in [3.63, 3.8) is 0 Å². The molecule has 0 aliphatic carbocycles. The van der Waals surface area contributed by atoms with Crippen molar-refractivity contribution in [2.45, 2.75) is 25.5 Å². The average molecular weight is 392 g/mol. The number of methoxy groups -OCH3 is 1. The largest absolute Gasteiger partial charge is 0.497 e. The van der Waals surface area contributed by atoms with Crippen molar-refractivity contribution in [2.75, 3.05) is 20.3 Å². The van der Waals surface area contributed by atoms with Crippen molar-refractivity contribution in [2.24, 2.45) is 0 Å². The summed E-state index contributed by atoms with van der Waals surface area (Å²) in [6, 6.07) is 16.5. The first-order chi connectivity index (χ1) is 14.1. The Labute approximate surface area is 169 Å². The lowest BCUT2D eigenvalue weighted by Crippen LogP contribution is -2.38. The number of nitrogens with zero attached hydrogens (tertiary/aromatic N) is 1. The summed E-state index contributed by atoms with van der Waals surface area (Å²) < 4.78 is 11.0. The molecule has 2 aromatic carbocycles. The first-order valence-electron chi connectivity index (χ1n) is 9.80. The highest BCUT2D eigenvalue weighted by atomic mass is 16.5. The Bertz CT molecular complexity index is 1060. The predicted molar refractivity (Wildman–Crippen MR) is 111 cm³/mol. The average Bonchev–Trinajstić information content (AvgIpc) is 3.26. The zero-order valence-electron chi connectivity index (χ0n) is 16.4. The van der Waals surface area contributed by atoms with Crippen LogP contribution in [-0.4, -0.2) is 42.2 Å². The molecule has 0 bridgehead atoms. The SMILES string of the molecule is COc1ccc2[nH]c(=O)c(CN(C[C@H]3CCCO3)C(=O)c3ccccc3)cc2c1. The molecule has 1 atom stereocenters. The summed E-state index contributed by atoms with van der Waals surface area (Å²) in [4.78, 5) is 30.4. The number of pyridine rings is 1. The van der Waals surface area contributed by atoms with Crippen LogP contribution in [-0.2, 0) is 11.3 Å². The maximum absolute atomic E-state index is 13.2. The van der Waals surface area contributed by atoms with Gasteiger partial charge in [0.1, 0.15) is 5.75 Å². The number of aromatic nitrogens is 1. The molecule has 0 saturated carbocycles. The van der Waals surface area contributed by atoms with Crippen LogP contribution in [0.4, 0.5) is 0 Å². The molecule has 1 saturated heterocycles. The Morgan fingerprint density at radius 2 is 2.03 bits per heavy atom. The number of carbonyl (C=O) groups excluding carboxylic acids is 1. The second kappa shape index (κ2) is 8.49. The van der Waals surface area contributed by atoms with E-state index in [1.807, 2.05) is 36.4 Å². The molecule has 1 fully saturated rings. The first-order valence-corrected chi connectivity index (χ1v) is 9.80. The molecule has 6 nitrogen and oxygen atoms in total. The van der Waals surface area contributed by atoms with E-state index in [2.05, 4.69) is 4.98 Å². The van der Waals surface area contributed by atoms with Crippen LogP contribution in [0, 0.1) is 0 Å². The number of rotatable bonds is 6. The highest BCUT2D eigenvalue weighted by Gasteiger charge is 2.24. The normalized spacial score (nSPS) is 16.1. The van der Waals surface area contributed by atoms with Crippen LogP contribution in [0.5, 0.6) is 5.75 Å². The van der Waals surface area contributed by atoms with Crippen molar-refractivity contribution in [1.82, 2.24) is 9.88 Å². The molecule has 0 unspecified atom stereocenters. The molecule has 150 valence electrons. The fraction of sp³-hybridized carbons (Fsp3) is 0.304. The minimum atomic E-state index is -0.194. The molecular weight excluding hydrogens is 368 g/mol. The standard InChI is InChI=1S/C23H24N2O4/c1-28-19-9-10-21-17(13-19)12-18(22(26)24-21)14-25(15-20-8-5-11-29-20)23(27)16-6-3-2-4-7-16/h2-4,6-7,9-10,12-13,20H,5,8,11,14-15H2,1H3,(H,24,26)/t20-/m1/s1. The van der Waals surface area contributed by atoms with E-state index in [0.717, 1.165) is 23.7 Å². The molecule has 3 aromatic rings. The van der Waals surface area contributed by atoms with Gasteiger partial charge in [0, 0.05) is 35.2 Å². The summed E-state index contributed by atoms with van der Waals surface area (Å²) in [6.45, 7) is 1.40. The third kappa shape index (κ3) is 4.32. The Hall–Kier alpha value is -3.12. The number of nitrogens with one attached hydrogen (secondary N) is 1. The number of fused-ring (bicyclic) bond motifs is 1. The third-order valence-electron chi connectivity index (χ3n) is 5.25. The molecule has 0 radical (unpaired) electrons. The van der Waals surface area contributed by atoms with Crippen LogP contribution in [0.2, 0.25) is 0 Å². The van der Waals surface area contributed by atoms with Gasteiger partial charge in [0.25, 0.3) is 11.5 Å². The van der Waals surface area contributed by atoms with Gasteiger partial charge in [-0.25, -0.2) is 0 Å². The number of benzene rings is 2. The van der Waals surface area contributed by atoms with Gasteiger partial charge in [0.2, 0.25) is 0 Å². The zero-order chi connectivity index (χ0) is 20.2. The van der Waals surface area contributed by atoms with Gasteiger partial charge in [-0.15, -0.1) is 0 Å². The Morgan fingerprint density at radius 1 is 1.21 bits per heavy atom. The number of H-pyrrole nitrogens is 1. The number of ether oxygens (including phenoxy) is 2. The maximum Gasteiger partial charge on any atom is 0.254 e. The maximum atomic E-state index is 13.2. The molecule has 1 aromatic heterocycles. The van der Waals surface area contributed by atoms with Gasteiger partial charge >= 0.3 is 0 Å². The molecule has 1 aliphatic rings. The van der Waals surface area contributed by atoms with Gasteiger partial charge in [0.15, 0.2) is 0 Å². The predicted octanol–water partition coefficient (Wildman–Crippen LogP) is 3.36. The molecule has 1 aliphatic heterocycles. The van der Waals surface area contributed by atoms with E-state index in [-0.39, 0.29) is 24.1 Å². The Morgan fingerprint density at radius 3 is 2.76 bits per heavy atom. The summed E-state index contributed by atoms with van der Waals surface area (Å²) >= 11 is 0. The van der Waals surface area contributed by atoms with Crippen LogP contribution >= 0.6 is 0 Å². The summed E-state index contributed by atoms with van der Waals surface area (Å²) in [6.07, 6.45) is 1.92. The second-order valence-electron chi connectivity index (χ2n) is 7.26. The molecule has 6 heteroatoms. The van der Waals surface area contributed by atoms with Crippen molar-refractivity contribution in [1.29, 1.82) is 0 Å². The molecule has 1 amide bonds. The van der Waals surface area contributed by atoms with Crippen LogP contribution in [0.3, 0.4) is 0 Å². The van der Waals surface area contributed by atoms with Gasteiger partial charge in [-0.2, -0.15) is 0 Å². The van der Waals surface area contributed by atoms with E-state index in [1.165, 1.54) is 0 Å². The number of hydrogen-bond donors (Lipinski definition) is 1. The second-order valence-corrected chi connectivity index (χ2v) is 7.26. The lowest BCUT2D eigenvalue weighted by atomic mass is 10.1. The van der Waals surface area contributed by atoms with E-state index in [1.54, 1.807) is 30.2 Å². The van der Waals surface area contributed by atoms with Gasteiger partial charge in [-0.05, 0) is 49.2 Å². The van der Waals surface area contributed by atoms with Crippen LogP contribution in [0.25, 0.3) is 10.9 Å². The molecule has 1 N–H and O–H groups in total. The van der Waals surface area contributed by atoms with Gasteiger partial charge in [-0.1, -0.05) is 18.2 Å². The summed E-state index contributed by atoms with van der Waals surface area (Å²) in [5, 5.41) is 0.864. The Kier molecular flexibility index (Phi) is 5.62. The van der Waals surface area contributed by atoms with Gasteiger partial charge in [-0.3, -0.25) is 9.59 Å². The van der Waals surface area contributed by atoms with Crippen LogP contribution in [0.15, 0.2) is 59.4 Å². The molecule has 4 rings (SSSR count). The van der Waals surface area contributed by atoms with E-state index in [0.29, 0.717) is 30.0 Å². The lowest BCUT2D eigenvalue weighted by molar-refractivity contribution is 0.0506. The van der Waals surface area contributed by atoms with Crippen molar-refractivity contribution >= 4 is 16.8 Å². The van der Waals surface area contributed by atoms with E-state index in [9.17, 15) is 9.59 Å². The quantitative estimate of drug-likeness (QED) is 0.698. The zero-order valence-corrected chi connectivity index (χ0v) is 16.4. The summed E-state index contributed by atoms with van der Waals surface area (Å²) in [7, 11) is 1.61. The third-order valence-corrected chi connectivity index (χ3v) is 5.25. The minimum Gasteiger partial charge on any atom is -0.497 e. The topological polar surface area (TPSA) is 71.6 Å². The minimum absolute atomic E-state index is 0.00212. The number of carbonyl (C=O) groups is 1. The van der Waals surface area contributed by atoms with Crippen molar-refractivity contribution < 1.29 is 14.3 Å². The van der Waals surface area contributed by atoms with E-state index < -0.39 is 0 Å². The highest BCUT2D eigenvalue weighted by Crippen LogP contribution is 2.21. The molecule has 2 heterocycles. The van der Waals surface area contributed by atoms with Crippen molar-refractivity contribution in [3.05, 3.63) is 76.1 Å². The van der Waals surface area contributed by atoms with Gasteiger partial charge < -0.3 is 19.4 Å². The van der Waals surface area contributed by atoms with Gasteiger partial charge in [0.05, 0.1) is 19.8 Å². The highest BCUT2D eigenvalue weighted by molar-refractivity contribution is 5.94. The summed E-state index contributed by atoms with van der Waals surface area (Å²) in [5.74, 6) is 0.610. The number of amides is 1. The molecule has 29 heavy (non-hydrogen) atoms. The van der Waals surface area contributed by atoms with Crippen molar-refractivity contribution in [3.8, 4) is 5.75 Å². The van der Waals surface area contributed by atoms with E-state index >= 15 is 0 Å². The van der Waals surface area contributed by atoms with Crippen LogP contribution < -0.4 is 10.3 Å². The summed E-state index contributed by atoms with van der Waals surface area (Å²) in [5.41, 5.74) is 1.68. The number of hydrogen-bond acceptors (Lipinski definition) is 4.